The van der Waals surface area contributed by atoms with Crippen molar-refractivity contribution >= 4 is 27.6 Å². The molecule has 0 unspecified atom stereocenters. The van der Waals surface area contributed by atoms with Crippen molar-refractivity contribution in [3.8, 4) is 5.75 Å². The van der Waals surface area contributed by atoms with E-state index in [1.807, 2.05) is 0 Å². The maximum atomic E-state index is 13.0. The van der Waals surface area contributed by atoms with Gasteiger partial charge in [-0.3, -0.25) is 9.59 Å². The average Bonchev–Trinajstić information content (AvgIpc) is 2.79. The lowest BCUT2D eigenvalue weighted by atomic mass is 10.1. The molecule has 0 spiro atoms. The molecule has 3 rings (SSSR count). The molecule has 1 aliphatic heterocycles. The zero-order valence-corrected chi connectivity index (χ0v) is 17.8. The van der Waals surface area contributed by atoms with Crippen LogP contribution in [-0.2, 0) is 24.3 Å². The van der Waals surface area contributed by atoms with Crippen LogP contribution in [0.1, 0.15) is 19.3 Å². The fourth-order valence-electron chi connectivity index (χ4n) is 3.31. The van der Waals surface area contributed by atoms with Crippen LogP contribution in [0.3, 0.4) is 0 Å². The minimum absolute atomic E-state index is 0.0681. The number of alkyl halides is 2. The summed E-state index contributed by atoms with van der Waals surface area (Å²) in [6.07, 6.45) is 1.56. The molecule has 0 saturated carbocycles. The van der Waals surface area contributed by atoms with Crippen molar-refractivity contribution < 1.29 is 36.3 Å². The number of esters is 1. The summed E-state index contributed by atoms with van der Waals surface area (Å²) < 4.78 is 60.7. The average molecular weight is 468 g/mol. The molecule has 32 heavy (non-hydrogen) atoms. The van der Waals surface area contributed by atoms with Crippen LogP contribution >= 0.6 is 0 Å². The maximum absolute atomic E-state index is 13.0. The first-order valence-corrected chi connectivity index (χ1v) is 11.3. The van der Waals surface area contributed by atoms with E-state index in [0.29, 0.717) is 18.5 Å². The second kappa shape index (κ2) is 10.5. The van der Waals surface area contributed by atoms with Crippen LogP contribution in [0.2, 0.25) is 0 Å². The Kier molecular flexibility index (Phi) is 7.75. The molecule has 0 radical (unpaired) electrons. The smallest absolute Gasteiger partial charge is 0.387 e. The number of halogens is 2. The van der Waals surface area contributed by atoms with Crippen molar-refractivity contribution in [3.05, 3.63) is 54.6 Å². The number of anilines is 1. The SMILES string of the molecule is O=C(COC(=O)[C@H]1CCCCN1S(=O)(=O)c1ccccc1)Nc1ccc(OC(F)F)cc1. The van der Waals surface area contributed by atoms with Crippen LogP contribution in [0.4, 0.5) is 14.5 Å². The summed E-state index contributed by atoms with van der Waals surface area (Å²) in [4.78, 5) is 24.8. The van der Waals surface area contributed by atoms with Crippen molar-refractivity contribution in [3.63, 3.8) is 0 Å². The Balaban J connectivity index is 1.58. The summed E-state index contributed by atoms with van der Waals surface area (Å²) in [6, 6.07) is 12.0. The molecule has 1 saturated heterocycles. The molecular weight excluding hydrogens is 446 g/mol. The molecule has 172 valence electrons. The summed E-state index contributed by atoms with van der Waals surface area (Å²) in [5.74, 6) is -1.53. The quantitative estimate of drug-likeness (QED) is 0.598. The molecule has 1 N–H and O–H groups in total. The molecule has 1 atom stereocenters. The fraction of sp³-hybridized carbons (Fsp3) is 0.333. The molecule has 1 fully saturated rings. The highest BCUT2D eigenvalue weighted by molar-refractivity contribution is 7.89. The van der Waals surface area contributed by atoms with Gasteiger partial charge in [-0.2, -0.15) is 13.1 Å². The third-order valence-corrected chi connectivity index (χ3v) is 6.71. The van der Waals surface area contributed by atoms with E-state index in [0.717, 1.165) is 4.31 Å². The van der Waals surface area contributed by atoms with Gasteiger partial charge in [0.25, 0.3) is 5.91 Å². The summed E-state index contributed by atoms with van der Waals surface area (Å²) in [6.45, 7) is -3.40. The Labute approximate surface area is 184 Å². The number of nitrogens with one attached hydrogen (secondary N) is 1. The number of nitrogens with zero attached hydrogens (tertiary/aromatic N) is 1. The maximum Gasteiger partial charge on any atom is 0.387 e. The number of hydrogen-bond donors (Lipinski definition) is 1. The van der Waals surface area contributed by atoms with Gasteiger partial charge in [-0.05, 0) is 55.7 Å². The molecule has 2 aromatic rings. The zero-order valence-electron chi connectivity index (χ0n) is 16.9. The van der Waals surface area contributed by atoms with Gasteiger partial charge in [0, 0.05) is 12.2 Å². The topological polar surface area (TPSA) is 102 Å². The predicted octanol–water partition coefficient (Wildman–Crippen LogP) is 3.01. The van der Waals surface area contributed by atoms with Gasteiger partial charge in [0.05, 0.1) is 4.90 Å². The van der Waals surface area contributed by atoms with Gasteiger partial charge in [0.2, 0.25) is 10.0 Å². The van der Waals surface area contributed by atoms with Crippen LogP contribution in [0.5, 0.6) is 5.75 Å². The second-order valence-corrected chi connectivity index (χ2v) is 8.89. The van der Waals surface area contributed by atoms with E-state index < -0.39 is 41.2 Å². The third-order valence-electron chi connectivity index (χ3n) is 4.78. The lowest BCUT2D eigenvalue weighted by Crippen LogP contribution is -2.48. The number of ether oxygens (including phenoxy) is 2. The zero-order chi connectivity index (χ0) is 23.1. The van der Waals surface area contributed by atoms with Crippen LogP contribution in [0, 0.1) is 0 Å². The molecule has 2 aromatic carbocycles. The van der Waals surface area contributed by atoms with Crippen molar-refractivity contribution in [2.75, 3.05) is 18.5 Å². The van der Waals surface area contributed by atoms with E-state index in [1.54, 1.807) is 18.2 Å². The van der Waals surface area contributed by atoms with Crippen LogP contribution in [0.15, 0.2) is 59.5 Å². The van der Waals surface area contributed by atoms with E-state index >= 15 is 0 Å². The van der Waals surface area contributed by atoms with Gasteiger partial charge < -0.3 is 14.8 Å². The summed E-state index contributed by atoms with van der Waals surface area (Å²) >= 11 is 0. The fourth-order valence-corrected chi connectivity index (χ4v) is 4.97. The van der Waals surface area contributed by atoms with Crippen molar-refractivity contribution in [1.82, 2.24) is 4.31 Å². The number of sulfonamides is 1. The third kappa shape index (κ3) is 6.01. The summed E-state index contributed by atoms with van der Waals surface area (Å²) in [5.41, 5.74) is 0.290. The molecule has 0 bridgehead atoms. The van der Waals surface area contributed by atoms with Gasteiger partial charge in [0.15, 0.2) is 6.61 Å². The first-order chi connectivity index (χ1) is 15.3. The molecule has 1 heterocycles. The van der Waals surface area contributed by atoms with E-state index in [9.17, 15) is 26.8 Å². The largest absolute Gasteiger partial charge is 0.454 e. The number of carbonyl (C=O) groups is 2. The predicted molar refractivity (Wildman–Crippen MR) is 111 cm³/mol. The minimum atomic E-state index is -3.89. The Morgan fingerprint density at radius 2 is 1.75 bits per heavy atom. The van der Waals surface area contributed by atoms with E-state index in [4.69, 9.17) is 4.74 Å². The number of amides is 1. The number of hydrogen-bond acceptors (Lipinski definition) is 6. The highest BCUT2D eigenvalue weighted by Gasteiger charge is 2.38. The van der Waals surface area contributed by atoms with Crippen molar-refractivity contribution in [2.45, 2.75) is 36.8 Å². The molecule has 8 nitrogen and oxygen atoms in total. The number of rotatable bonds is 8. The Bertz CT molecular complexity index is 1030. The van der Waals surface area contributed by atoms with Crippen LogP contribution in [0.25, 0.3) is 0 Å². The first-order valence-electron chi connectivity index (χ1n) is 9.85. The molecular formula is C21H22F2N2O6S. The van der Waals surface area contributed by atoms with Crippen LogP contribution in [-0.4, -0.2) is 50.4 Å². The number of carbonyl (C=O) groups excluding carboxylic acids is 2. The second-order valence-electron chi connectivity index (χ2n) is 7.00. The monoisotopic (exact) mass is 468 g/mol. The van der Waals surface area contributed by atoms with Gasteiger partial charge in [-0.25, -0.2) is 8.42 Å². The summed E-state index contributed by atoms with van der Waals surface area (Å²) in [5, 5.41) is 2.46. The lowest BCUT2D eigenvalue weighted by molar-refractivity contribution is -0.152. The Morgan fingerprint density at radius 1 is 1.06 bits per heavy atom. The van der Waals surface area contributed by atoms with Crippen molar-refractivity contribution in [2.24, 2.45) is 0 Å². The molecule has 0 aliphatic carbocycles. The summed E-state index contributed by atoms with van der Waals surface area (Å²) in [7, 11) is -3.89. The highest BCUT2D eigenvalue weighted by atomic mass is 32.2. The van der Waals surface area contributed by atoms with Crippen LogP contribution < -0.4 is 10.1 Å². The molecule has 11 heteroatoms. The van der Waals surface area contributed by atoms with E-state index in [2.05, 4.69) is 10.1 Å². The molecule has 0 aromatic heterocycles. The first kappa shape index (κ1) is 23.6. The van der Waals surface area contributed by atoms with Gasteiger partial charge in [-0.15, -0.1) is 0 Å². The van der Waals surface area contributed by atoms with Gasteiger partial charge in [0.1, 0.15) is 11.8 Å². The number of benzene rings is 2. The van der Waals surface area contributed by atoms with Gasteiger partial charge in [-0.1, -0.05) is 18.2 Å². The molecule has 1 aliphatic rings. The highest BCUT2D eigenvalue weighted by Crippen LogP contribution is 2.26. The molecule has 1 amide bonds. The number of piperidine rings is 1. The van der Waals surface area contributed by atoms with E-state index in [1.165, 1.54) is 36.4 Å². The lowest BCUT2D eigenvalue weighted by Gasteiger charge is -2.32. The van der Waals surface area contributed by atoms with E-state index in [-0.39, 0.29) is 23.6 Å². The van der Waals surface area contributed by atoms with Crippen molar-refractivity contribution in [1.29, 1.82) is 0 Å². The minimum Gasteiger partial charge on any atom is -0.454 e. The Hall–Kier alpha value is -3.05. The Morgan fingerprint density at radius 3 is 2.41 bits per heavy atom. The van der Waals surface area contributed by atoms with Gasteiger partial charge >= 0.3 is 12.6 Å². The standard InChI is InChI=1S/C21H22F2N2O6S/c22-21(23)31-16-11-9-15(10-12-16)24-19(26)14-30-20(27)18-8-4-5-13-25(18)32(28,29)17-6-2-1-3-7-17/h1-3,6-7,9-12,18,21H,4-5,8,13-14H2,(H,24,26)/t18-/m1/s1. The normalized spacial score (nSPS) is 17.0.